The highest BCUT2D eigenvalue weighted by atomic mass is 79.9. The molecular weight excluding hydrogens is 316 g/mol. The number of rotatable bonds is 2. The van der Waals surface area contributed by atoms with Crippen LogP contribution in [-0.2, 0) is 0 Å². The minimum Gasteiger partial charge on any atom is -0.383 e. The fourth-order valence-electron chi connectivity index (χ4n) is 1.49. The molecule has 0 atom stereocenters. The minimum atomic E-state index is 0.246. The highest BCUT2D eigenvalue weighted by molar-refractivity contribution is 9.10. The van der Waals surface area contributed by atoms with Gasteiger partial charge in [-0.2, -0.15) is 0 Å². The van der Waals surface area contributed by atoms with E-state index >= 15 is 0 Å². The molecule has 0 aromatic carbocycles. The molecule has 0 aliphatic rings. The van der Waals surface area contributed by atoms with Crippen LogP contribution in [0.5, 0.6) is 0 Å². The molecule has 2 N–H and O–H groups in total. The topological polar surface area (TPSA) is 64.7 Å². The van der Waals surface area contributed by atoms with Crippen LogP contribution >= 0.6 is 27.5 Å². The van der Waals surface area contributed by atoms with Crippen molar-refractivity contribution in [2.24, 2.45) is 0 Å². The molecule has 94 valence electrons. The first-order valence-electron chi connectivity index (χ1n) is 5.44. The molecule has 0 bridgehead atoms. The number of nitrogen functional groups attached to an aromatic ring is 1. The minimum absolute atomic E-state index is 0.246. The van der Waals surface area contributed by atoms with E-state index in [4.69, 9.17) is 17.3 Å². The van der Waals surface area contributed by atoms with Crippen molar-refractivity contribution in [3.05, 3.63) is 33.5 Å². The van der Waals surface area contributed by atoms with Gasteiger partial charge in [0.2, 0.25) is 0 Å². The highest BCUT2D eigenvalue weighted by Crippen LogP contribution is 2.29. The van der Waals surface area contributed by atoms with Crippen molar-refractivity contribution in [1.82, 2.24) is 15.0 Å². The van der Waals surface area contributed by atoms with Gasteiger partial charge in [0.15, 0.2) is 5.82 Å². The highest BCUT2D eigenvalue weighted by Gasteiger charge is 2.14. The number of nitrogens with zero attached hydrogens (tertiary/aromatic N) is 3. The Balaban J connectivity index is 2.55. The zero-order valence-electron chi connectivity index (χ0n) is 9.98. The largest absolute Gasteiger partial charge is 0.383 e. The Morgan fingerprint density at radius 1 is 1.28 bits per heavy atom. The lowest BCUT2D eigenvalue weighted by atomic mass is 10.1. The molecular formula is C12H12BrClN4. The summed E-state index contributed by atoms with van der Waals surface area (Å²) in [7, 11) is 0. The third-order valence-corrected chi connectivity index (χ3v) is 3.44. The zero-order chi connectivity index (χ0) is 13.3. The Bertz CT molecular complexity index is 569. The predicted molar refractivity (Wildman–Crippen MR) is 76.5 cm³/mol. The Kier molecular flexibility index (Phi) is 3.82. The fourth-order valence-corrected chi connectivity index (χ4v) is 2.23. The second-order valence-corrected chi connectivity index (χ2v) is 5.38. The van der Waals surface area contributed by atoms with Crippen molar-refractivity contribution in [3.63, 3.8) is 0 Å². The molecule has 0 aliphatic carbocycles. The smallest absolute Gasteiger partial charge is 0.180 e. The maximum absolute atomic E-state index is 5.87. The summed E-state index contributed by atoms with van der Waals surface area (Å²) in [6, 6.07) is 3.52. The van der Waals surface area contributed by atoms with Gasteiger partial charge in [0.1, 0.15) is 11.5 Å². The van der Waals surface area contributed by atoms with Crippen molar-refractivity contribution >= 4 is 33.3 Å². The molecule has 6 heteroatoms. The standard InChI is InChI=1S/C12H12BrClN4/c1-6(2)10-9(13)11(15)18-12(17-10)8-4-3-7(14)5-16-8/h3-6H,1-2H3,(H2,15,17,18). The first-order valence-corrected chi connectivity index (χ1v) is 6.61. The van der Waals surface area contributed by atoms with Gasteiger partial charge in [-0.05, 0) is 34.0 Å². The number of aromatic nitrogens is 3. The van der Waals surface area contributed by atoms with E-state index in [1.165, 1.54) is 0 Å². The molecule has 0 amide bonds. The van der Waals surface area contributed by atoms with Gasteiger partial charge >= 0.3 is 0 Å². The van der Waals surface area contributed by atoms with Crippen LogP contribution in [-0.4, -0.2) is 15.0 Å². The summed E-state index contributed by atoms with van der Waals surface area (Å²) in [5.41, 5.74) is 7.40. The molecule has 2 rings (SSSR count). The summed E-state index contributed by atoms with van der Waals surface area (Å²) < 4.78 is 0.746. The van der Waals surface area contributed by atoms with Gasteiger partial charge in [0, 0.05) is 6.20 Å². The van der Waals surface area contributed by atoms with E-state index < -0.39 is 0 Å². The Morgan fingerprint density at radius 2 is 2.00 bits per heavy atom. The summed E-state index contributed by atoms with van der Waals surface area (Å²) in [6.07, 6.45) is 1.56. The van der Waals surface area contributed by atoms with E-state index in [-0.39, 0.29) is 5.92 Å². The third kappa shape index (κ3) is 2.62. The first-order chi connectivity index (χ1) is 8.49. The monoisotopic (exact) mass is 326 g/mol. The first kappa shape index (κ1) is 13.2. The summed E-state index contributed by atoms with van der Waals surface area (Å²) in [5, 5.41) is 0.577. The maximum atomic E-state index is 5.87. The molecule has 0 saturated heterocycles. The average Bonchev–Trinajstić information content (AvgIpc) is 2.33. The molecule has 2 heterocycles. The van der Waals surface area contributed by atoms with Gasteiger partial charge in [-0.1, -0.05) is 25.4 Å². The quantitative estimate of drug-likeness (QED) is 0.914. The van der Waals surface area contributed by atoms with Gasteiger partial charge in [-0.15, -0.1) is 0 Å². The van der Waals surface area contributed by atoms with Crippen molar-refractivity contribution in [2.75, 3.05) is 5.73 Å². The second-order valence-electron chi connectivity index (χ2n) is 4.15. The van der Waals surface area contributed by atoms with Crippen molar-refractivity contribution in [3.8, 4) is 11.5 Å². The Labute approximate surface area is 119 Å². The summed E-state index contributed by atoms with van der Waals surface area (Å²) in [6.45, 7) is 4.09. The van der Waals surface area contributed by atoms with Crippen LogP contribution in [0.25, 0.3) is 11.5 Å². The summed E-state index contributed by atoms with van der Waals surface area (Å²) >= 11 is 9.21. The van der Waals surface area contributed by atoms with Crippen LogP contribution < -0.4 is 5.73 Å². The molecule has 0 saturated carbocycles. The molecule has 2 aromatic heterocycles. The van der Waals surface area contributed by atoms with E-state index in [9.17, 15) is 0 Å². The number of anilines is 1. The van der Waals surface area contributed by atoms with Crippen LogP contribution in [0.1, 0.15) is 25.5 Å². The van der Waals surface area contributed by atoms with Crippen molar-refractivity contribution < 1.29 is 0 Å². The predicted octanol–water partition coefficient (Wildman–Crippen LogP) is 3.66. The average molecular weight is 328 g/mol. The molecule has 0 spiro atoms. The maximum Gasteiger partial charge on any atom is 0.180 e. The van der Waals surface area contributed by atoms with Gasteiger partial charge in [-0.25, -0.2) is 9.97 Å². The van der Waals surface area contributed by atoms with Crippen LogP contribution in [0.4, 0.5) is 5.82 Å². The molecule has 4 nitrogen and oxygen atoms in total. The molecule has 0 unspecified atom stereocenters. The van der Waals surface area contributed by atoms with Gasteiger partial charge in [0.25, 0.3) is 0 Å². The van der Waals surface area contributed by atoms with Crippen molar-refractivity contribution in [1.29, 1.82) is 0 Å². The lowest BCUT2D eigenvalue weighted by Gasteiger charge is -2.11. The van der Waals surface area contributed by atoms with Gasteiger partial charge in [-0.3, -0.25) is 4.98 Å². The Hall–Kier alpha value is -1.20. The SMILES string of the molecule is CC(C)c1nc(-c2ccc(Cl)cn2)nc(N)c1Br. The van der Waals surface area contributed by atoms with Gasteiger partial charge < -0.3 is 5.73 Å². The van der Waals surface area contributed by atoms with E-state index in [2.05, 4.69) is 30.9 Å². The lowest BCUT2D eigenvalue weighted by molar-refractivity contribution is 0.810. The number of hydrogen-bond donors (Lipinski definition) is 1. The number of nitrogens with two attached hydrogens (primary N) is 1. The van der Waals surface area contributed by atoms with Crippen LogP contribution in [0, 0.1) is 0 Å². The van der Waals surface area contributed by atoms with E-state index in [0.29, 0.717) is 22.4 Å². The van der Waals surface area contributed by atoms with Crippen LogP contribution in [0.2, 0.25) is 5.02 Å². The van der Waals surface area contributed by atoms with Crippen molar-refractivity contribution in [2.45, 2.75) is 19.8 Å². The molecule has 0 fully saturated rings. The number of halogens is 2. The third-order valence-electron chi connectivity index (χ3n) is 2.41. The van der Waals surface area contributed by atoms with E-state index in [0.717, 1.165) is 10.2 Å². The summed E-state index contributed by atoms with van der Waals surface area (Å²) in [5.74, 6) is 1.17. The van der Waals surface area contributed by atoms with Gasteiger partial charge in [0.05, 0.1) is 15.2 Å². The molecule has 2 aromatic rings. The fraction of sp³-hybridized carbons (Fsp3) is 0.250. The zero-order valence-corrected chi connectivity index (χ0v) is 12.3. The number of hydrogen-bond acceptors (Lipinski definition) is 4. The lowest BCUT2D eigenvalue weighted by Crippen LogP contribution is -2.04. The van der Waals surface area contributed by atoms with E-state index in [1.807, 2.05) is 13.8 Å². The second kappa shape index (κ2) is 5.20. The van der Waals surface area contributed by atoms with Crippen LogP contribution in [0.15, 0.2) is 22.8 Å². The molecule has 0 radical (unpaired) electrons. The van der Waals surface area contributed by atoms with E-state index in [1.54, 1.807) is 18.3 Å². The normalized spacial score (nSPS) is 10.9. The molecule has 0 aliphatic heterocycles. The number of pyridine rings is 1. The Morgan fingerprint density at radius 3 is 2.56 bits per heavy atom. The summed E-state index contributed by atoms with van der Waals surface area (Å²) in [4.78, 5) is 12.9. The molecule has 18 heavy (non-hydrogen) atoms. The van der Waals surface area contributed by atoms with Crippen LogP contribution in [0.3, 0.4) is 0 Å².